The molecule has 2 heterocycles. The van der Waals surface area contributed by atoms with E-state index < -0.39 is 5.97 Å². The zero-order valence-corrected chi connectivity index (χ0v) is 13.3. The zero-order chi connectivity index (χ0) is 16.8. The maximum atomic E-state index is 11.7. The van der Waals surface area contributed by atoms with Gasteiger partial charge in [-0.15, -0.1) is 11.3 Å². The van der Waals surface area contributed by atoms with Crippen LogP contribution in [0.25, 0.3) is 10.8 Å². The number of hydrogen-bond acceptors (Lipinski definition) is 7. The Bertz CT molecular complexity index is 848. The average molecular weight is 340 g/mol. The van der Waals surface area contributed by atoms with Crippen molar-refractivity contribution in [2.45, 2.75) is 6.61 Å². The van der Waals surface area contributed by atoms with Crippen LogP contribution >= 0.6 is 11.3 Å². The number of thiophene rings is 1. The second kappa shape index (κ2) is 7.44. The van der Waals surface area contributed by atoms with Crippen LogP contribution in [0.2, 0.25) is 0 Å². The lowest BCUT2D eigenvalue weighted by Crippen LogP contribution is -2.14. The highest BCUT2D eigenvalue weighted by Crippen LogP contribution is 2.23. The summed E-state index contributed by atoms with van der Waals surface area (Å²) in [4.78, 5) is 16.9. The summed E-state index contributed by atoms with van der Waals surface area (Å²) in [7, 11) is 0. The average Bonchev–Trinajstić information content (AvgIpc) is 3.29. The summed E-state index contributed by atoms with van der Waals surface area (Å²) in [6.07, 6.45) is 1.46. The molecule has 0 fully saturated rings. The maximum absolute atomic E-state index is 11.7. The minimum atomic E-state index is -0.514. The normalized spacial score (nSPS) is 10.1. The number of nitriles is 1. The van der Waals surface area contributed by atoms with Gasteiger partial charge in [0.1, 0.15) is 24.3 Å². The Labute approximate surface area is 141 Å². The summed E-state index contributed by atoms with van der Waals surface area (Å²) in [5.41, 5.74) is 1.06. The second-order valence-corrected chi connectivity index (χ2v) is 5.65. The van der Waals surface area contributed by atoms with E-state index in [1.807, 2.05) is 23.6 Å². The second-order valence-electron chi connectivity index (χ2n) is 4.71. The molecule has 2 aromatic heterocycles. The van der Waals surface area contributed by atoms with Crippen LogP contribution in [0.3, 0.4) is 0 Å². The fourth-order valence-electron chi connectivity index (χ4n) is 1.85. The number of esters is 1. The first-order chi connectivity index (χ1) is 11.7. The Morgan fingerprint density at radius 2 is 2.12 bits per heavy atom. The zero-order valence-electron chi connectivity index (χ0n) is 12.5. The first kappa shape index (κ1) is 15.8. The lowest BCUT2D eigenvalue weighted by molar-refractivity contribution is -0.147. The van der Waals surface area contributed by atoms with Gasteiger partial charge in [0.05, 0.1) is 16.5 Å². The summed E-state index contributed by atoms with van der Waals surface area (Å²) in [6, 6.07) is 12.3. The third kappa shape index (κ3) is 4.00. The van der Waals surface area contributed by atoms with Crippen LogP contribution in [0.1, 0.15) is 11.3 Å². The maximum Gasteiger partial charge on any atom is 0.344 e. The molecule has 0 spiro atoms. The lowest BCUT2D eigenvalue weighted by atomic mass is 10.2. The van der Waals surface area contributed by atoms with Crippen molar-refractivity contribution in [2.75, 3.05) is 6.61 Å². The molecule has 0 aliphatic rings. The van der Waals surface area contributed by atoms with Gasteiger partial charge in [-0.25, -0.2) is 9.78 Å². The molecule has 24 heavy (non-hydrogen) atoms. The summed E-state index contributed by atoms with van der Waals surface area (Å²) >= 11 is 1.52. The summed E-state index contributed by atoms with van der Waals surface area (Å²) in [6.45, 7) is -0.202. The predicted molar refractivity (Wildman–Crippen MR) is 86.3 cm³/mol. The van der Waals surface area contributed by atoms with Gasteiger partial charge in [-0.05, 0) is 35.7 Å². The molecule has 0 bridgehead atoms. The first-order valence-corrected chi connectivity index (χ1v) is 7.89. The Balaban J connectivity index is 1.46. The molecular formula is C17H12N2O4S. The van der Waals surface area contributed by atoms with Crippen molar-refractivity contribution in [3.63, 3.8) is 0 Å². The minimum absolute atomic E-state index is 0.0183. The third-order valence-electron chi connectivity index (χ3n) is 3.00. The Morgan fingerprint density at radius 1 is 1.29 bits per heavy atom. The number of benzene rings is 1. The van der Waals surface area contributed by atoms with Gasteiger partial charge in [-0.1, -0.05) is 6.07 Å². The summed E-state index contributed by atoms with van der Waals surface area (Å²) < 4.78 is 15.7. The minimum Gasteiger partial charge on any atom is -0.482 e. The smallest absolute Gasteiger partial charge is 0.344 e. The van der Waals surface area contributed by atoms with E-state index in [-0.39, 0.29) is 13.2 Å². The van der Waals surface area contributed by atoms with Crippen molar-refractivity contribution in [3.8, 4) is 22.6 Å². The van der Waals surface area contributed by atoms with Gasteiger partial charge in [0.2, 0.25) is 5.89 Å². The van der Waals surface area contributed by atoms with Crippen molar-refractivity contribution in [1.82, 2.24) is 4.98 Å². The number of ether oxygens (including phenoxy) is 2. The van der Waals surface area contributed by atoms with Crippen LogP contribution in [0.4, 0.5) is 0 Å². The number of hydrogen-bond donors (Lipinski definition) is 0. The first-order valence-electron chi connectivity index (χ1n) is 7.01. The summed E-state index contributed by atoms with van der Waals surface area (Å²) in [5.74, 6) is 0.484. The van der Waals surface area contributed by atoms with Gasteiger partial charge in [0.25, 0.3) is 0 Å². The molecule has 0 aliphatic carbocycles. The number of carbonyl (C=O) groups excluding carboxylic acids is 1. The third-order valence-corrected chi connectivity index (χ3v) is 3.86. The van der Waals surface area contributed by atoms with Crippen LogP contribution in [0.5, 0.6) is 5.75 Å². The van der Waals surface area contributed by atoms with E-state index in [0.717, 1.165) is 4.88 Å². The fourth-order valence-corrected chi connectivity index (χ4v) is 2.51. The van der Waals surface area contributed by atoms with Gasteiger partial charge in [0, 0.05) is 0 Å². The van der Waals surface area contributed by atoms with Crippen LogP contribution in [0, 0.1) is 11.3 Å². The molecule has 0 unspecified atom stereocenters. The van der Waals surface area contributed by atoms with Crippen LogP contribution < -0.4 is 4.74 Å². The van der Waals surface area contributed by atoms with Crippen LogP contribution in [-0.4, -0.2) is 17.6 Å². The Kier molecular flexibility index (Phi) is 4.89. The Hall–Kier alpha value is -3.11. The SMILES string of the molecule is N#Cc1ccc(OCC(=O)OCc2coc(-c3cccs3)n2)cc1. The molecule has 0 aliphatic heterocycles. The summed E-state index contributed by atoms with van der Waals surface area (Å²) in [5, 5.41) is 10.6. The number of rotatable bonds is 6. The molecule has 0 radical (unpaired) electrons. The van der Waals surface area contributed by atoms with Gasteiger partial charge in [-0.2, -0.15) is 5.26 Å². The van der Waals surface area contributed by atoms with E-state index in [1.54, 1.807) is 24.3 Å². The molecule has 0 amide bonds. The highest BCUT2D eigenvalue weighted by Gasteiger charge is 2.10. The molecule has 120 valence electrons. The molecule has 3 rings (SSSR count). The topological polar surface area (TPSA) is 85.3 Å². The van der Waals surface area contributed by atoms with E-state index in [2.05, 4.69) is 4.98 Å². The number of oxazole rings is 1. The standard InChI is InChI=1S/C17H12N2O4S/c18-8-12-3-5-14(6-4-12)21-11-16(20)22-9-13-10-23-17(19-13)15-2-1-7-24-15/h1-7,10H,9,11H2. The highest BCUT2D eigenvalue weighted by molar-refractivity contribution is 7.13. The van der Waals surface area contributed by atoms with E-state index in [9.17, 15) is 4.79 Å². The molecular weight excluding hydrogens is 328 g/mol. The highest BCUT2D eigenvalue weighted by atomic mass is 32.1. The van der Waals surface area contributed by atoms with Crippen molar-refractivity contribution in [2.24, 2.45) is 0 Å². The quantitative estimate of drug-likeness (QED) is 0.639. The molecule has 1 aromatic carbocycles. The predicted octanol–water partition coefficient (Wildman–Crippen LogP) is 3.40. The molecule has 0 saturated heterocycles. The number of nitrogens with zero attached hydrogens (tertiary/aromatic N) is 2. The van der Waals surface area contributed by atoms with Crippen LogP contribution in [0.15, 0.2) is 52.5 Å². The molecule has 6 nitrogen and oxygen atoms in total. The van der Waals surface area contributed by atoms with Crippen LogP contribution in [-0.2, 0) is 16.1 Å². The van der Waals surface area contributed by atoms with Crippen molar-refractivity contribution < 1.29 is 18.7 Å². The fraction of sp³-hybridized carbons (Fsp3) is 0.118. The van der Waals surface area contributed by atoms with Crippen molar-refractivity contribution in [3.05, 3.63) is 59.3 Å². The Morgan fingerprint density at radius 3 is 2.83 bits per heavy atom. The van der Waals surface area contributed by atoms with Crippen molar-refractivity contribution >= 4 is 17.3 Å². The monoisotopic (exact) mass is 340 g/mol. The molecule has 0 saturated carbocycles. The van der Waals surface area contributed by atoms with Gasteiger partial charge in [-0.3, -0.25) is 0 Å². The number of carbonyl (C=O) groups is 1. The number of aromatic nitrogens is 1. The van der Waals surface area contributed by atoms with E-state index in [4.69, 9.17) is 19.2 Å². The molecule has 0 N–H and O–H groups in total. The van der Waals surface area contributed by atoms with E-state index in [0.29, 0.717) is 22.9 Å². The molecule has 3 aromatic rings. The largest absolute Gasteiger partial charge is 0.482 e. The van der Waals surface area contributed by atoms with E-state index >= 15 is 0 Å². The van der Waals surface area contributed by atoms with E-state index in [1.165, 1.54) is 17.6 Å². The lowest BCUT2D eigenvalue weighted by Gasteiger charge is -2.05. The molecule has 0 atom stereocenters. The van der Waals surface area contributed by atoms with Gasteiger partial charge < -0.3 is 13.9 Å². The molecule has 7 heteroatoms. The van der Waals surface area contributed by atoms with Gasteiger partial charge in [0.15, 0.2) is 6.61 Å². The van der Waals surface area contributed by atoms with Crippen molar-refractivity contribution in [1.29, 1.82) is 5.26 Å². The van der Waals surface area contributed by atoms with Gasteiger partial charge >= 0.3 is 5.97 Å².